The van der Waals surface area contributed by atoms with Crippen LogP contribution < -0.4 is 29.6 Å². The summed E-state index contributed by atoms with van der Waals surface area (Å²) in [6, 6.07) is 1.13. The van der Waals surface area contributed by atoms with E-state index in [0.717, 1.165) is 6.92 Å². The minimum Gasteiger partial charge on any atom is -0.282 e. The van der Waals surface area contributed by atoms with Crippen molar-refractivity contribution >= 4 is 21.5 Å². The van der Waals surface area contributed by atoms with Gasteiger partial charge in [0.15, 0.2) is 0 Å². The number of hydrogen-bond donors (Lipinski definition) is 1. The molecule has 0 spiro atoms. The van der Waals surface area contributed by atoms with Crippen molar-refractivity contribution in [1.29, 1.82) is 0 Å². The molecule has 0 unspecified atom stereocenters. The van der Waals surface area contributed by atoms with E-state index in [2.05, 4.69) is 0 Å². The molecule has 1 aromatic carbocycles. The van der Waals surface area contributed by atoms with Crippen molar-refractivity contribution in [2.24, 2.45) is 0 Å². The molecule has 0 amide bonds. The number of hydrogen-bond acceptors (Lipinski definition) is 6. The Kier molecular flexibility index (Phi) is 5.37. The molecule has 0 aliphatic rings. The second kappa shape index (κ2) is 5.71. The molecule has 0 bridgehead atoms. The molecule has 18 heavy (non-hydrogen) atoms. The molecule has 0 saturated carbocycles. The monoisotopic (exact) mass is 285 g/mol. The van der Waals surface area contributed by atoms with Crippen molar-refractivity contribution in [3.05, 3.63) is 37.9 Å². The van der Waals surface area contributed by atoms with E-state index in [1.54, 1.807) is 0 Å². The quantitative estimate of drug-likeness (QED) is 0.295. The molecule has 0 heterocycles. The van der Waals surface area contributed by atoms with Gasteiger partial charge in [-0.05, 0) is 6.92 Å². The van der Waals surface area contributed by atoms with Gasteiger partial charge in [-0.1, -0.05) is 0 Å². The summed E-state index contributed by atoms with van der Waals surface area (Å²) in [5.41, 5.74) is -1.77. The molecule has 0 fully saturated rings. The molecule has 92 valence electrons. The van der Waals surface area contributed by atoms with Gasteiger partial charge in [-0.3, -0.25) is 24.8 Å². The molecule has 0 aliphatic heterocycles. The third-order valence-electron chi connectivity index (χ3n) is 2.02. The maximum Gasteiger partial charge on any atom is 1.00 e. The molecule has 11 heteroatoms. The van der Waals surface area contributed by atoms with Gasteiger partial charge in [0.25, 0.3) is 21.5 Å². The molecule has 1 rings (SSSR count). The molecule has 1 N–H and O–H groups in total. The van der Waals surface area contributed by atoms with Gasteiger partial charge in [-0.25, -0.2) is 0 Å². The van der Waals surface area contributed by atoms with Crippen molar-refractivity contribution in [3.63, 3.8) is 0 Å². The average Bonchev–Trinajstić information content (AvgIpc) is 2.14. The van der Waals surface area contributed by atoms with Crippen LogP contribution in [0.1, 0.15) is 5.56 Å². The maximum atomic E-state index is 10.8. The van der Waals surface area contributed by atoms with Crippen molar-refractivity contribution in [3.8, 4) is 0 Å². The smallest absolute Gasteiger partial charge is 0.282 e. The average molecular weight is 285 g/mol. The Morgan fingerprint density at radius 1 is 1.11 bits per heavy atom. The Bertz CT molecular complexity index is 577. The fourth-order valence-corrected chi connectivity index (χ4v) is 1.71. The van der Waals surface area contributed by atoms with Crippen LogP contribution in [0.25, 0.3) is 0 Å². The van der Waals surface area contributed by atoms with E-state index in [9.17, 15) is 28.6 Å². The summed E-state index contributed by atoms with van der Waals surface area (Å²) < 4.78 is 30.3. The van der Waals surface area contributed by atoms with Crippen molar-refractivity contribution < 1.29 is 52.4 Å². The molecular weight excluding hydrogens is 279 g/mol. The first-order valence-electron chi connectivity index (χ1n) is 4.05. The Morgan fingerprint density at radius 3 is 1.67 bits per heavy atom. The Balaban J connectivity index is 0.00000289. The van der Waals surface area contributed by atoms with Gasteiger partial charge in [0.05, 0.1) is 9.85 Å². The zero-order valence-electron chi connectivity index (χ0n) is 9.35. The standard InChI is InChI=1S/C7H6N2O7S.Na/c1-4-6(8(10)11)2-5(17(14,15)16)3-7(4)9(12)13;/h2-3H,1H3,(H,14,15,16);/q;+1. The van der Waals surface area contributed by atoms with Crippen LogP contribution in [0.2, 0.25) is 0 Å². The van der Waals surface area contributed by atoms with E-state index in [1.807, 2.05) is 0 Å². The Labute approximate surface area is 123 Å². The van der Waals surface area contributed by atoms with Crippen molar-refractivity contribution in [1.82, 2.24) is 0 Å². The van der Waals surface area contributed by atoms with E-state index >= 15 is 0 Å². The second-order valence-electron chi connectivity index (χ2n) is 3.08. The molecule has 0 aromatic heterocycles. The SMILES string of the molecule is Cc1c([N+](=O)[O-])cc(S(=O)(=O)O)cc1[N+](=O)[O-].[Na+]. The van der Waals surface area contributed by atoms with Gasteiger partial charge < -0.3 is 0 Å². The van der Waals surface area contributed by atoms with E-state index in [0.29, 0.717) is 12.1 Å². The first-order chi connectivity index (χ1) is 7.64. The Hall–Kier alpha value is -1.07. The summed E-state index contributed by atoms with van der Waals surface area (Å²) in [6.45, 7) is 1.12. The number of nitro benzene ring substituents is 2. The van der Waals surface area contributed by atoms with Gasteiger partial charge in [0, 0.05) is 12.1 Å². The fraction of sp³-hybridized carbons (Fsp3) is 0.143. The van der Waals surface area contributed by atoms with Crippen LogP contribution in [0.3, 0.4) is 0 Å². The second-order valence-corrected chi connectivity index (χ2v) is 4.50. The normalized spacial score (nSPS) is 10.6. The minimum absolute atomic E-state index is 0. The third kappa shape index (κ3) is 3.46. The molecule has 0 radical (unpaired) electrons. The number of nitrogens with zero attached hydrogens (tertiary/aromatic N) is 2. The van der Waals surface area contributed by atoms with Gasteiger partial charge in [0.2, 0.25) is 0 Å². The van der Waals surface area contributed by atoms with Crippen molar-refractivity contribution in [2.75, 3.05) is 0 Å². The topological polar surface area (TPSA) is 141 Å². The molecular formula is C7H6N2NaO7S+. The van der Waals surface area contributed by atoms with Crippen molar-refractivity contribution in [2.45, 2.75) is 11.8 Å². The van der Waals surface area contributed by atoms with Crippen LogP contribution in [0.4, 0.5) is 11.4 Å². The van der Waals surface area contributed by atoms with Crippen LogP contribution in [0, 0.1) is 27.2 Å². The van der Waals surface area contributed by atoms with E-state index < -0.39 is 36.2 Å². The first-order valence-corrected chi connectivity index (χ1v) is 5.49. The van der Waals surface area contributed by atoms with Gasteiger partial charge in [-0.15, -0.1) is 0 Å². The summed E-state index contributed by atoms with van der Waals surface area (Å²) in [6.07, 6.45) is 0. The zero-order valence-corrected chi connectivity index (χ0v) is 12.2. The molecule has 9 nitrogen and oxygen atoms in total. The number of benzene rings is 1. The maximum absolute atomic E-state index is 10.8. The van der Waals surface area contributed by atoms with Crippen LogP contribution in [0.5, 0.6) is 0 Å². The van der Waals surface area contributed by atoms with Crippen LogP contribution in [0.15, 0.2) is 17.0 Å². The van der Waals surface area contributed by atoms with E-state index in [4.69, 9.17) is 4.55 Å². The molecule has 1 aromatic rings. The predicted octanol–water partition coefficient (Wildman–Crippen LogP) is -1.94. The van der Waals surface area contributed by atoms with Crippen LogP contribution in [-0.2, 0) is 10.1 Å². The Morgan fingerprint density at radius 2 is 1.44 bits per heavy atom. The molecule has 0 aliphatic carbocycles. The largest absolute Gasteiger partial charge is 1.00 e. The summed E-state index contributed by atoms with van der Waals surface area (Å²) >= 11 is 0. The van der Waals surface area contributed by atoms with E-state index in [-0.39, 0.29) is 35.1 Å². The summed E-state index contributed by atoms with van der Waals surface area (Å²) in [5.74, 6) is 0. The summed E-state index contributed by atoms with van der Waals surface area (Å²) in [4.78, 5) is 18.4. The minimum atomic E-state index is -4.74. The summed E-state index contributed by atoms with van der Waals surface area (Å²) in [7, 11) is -4.74. The van der Waals surface area contributed by atoms with Crippen LogP contribution in [-0.4, -0.2) is 22.8 Å². The number of rotatable bonds is 3. The van der Waals surface area contributed by atoms with Gasteiger partial charge >= 0.3 is 29.6 Å². The zero-order chi connectivity index (χ0) is 13.4. The predicted molar refractivity (Wildman–Crippen MR) is 54.3 cm³/mol. The summed E-state index contributed by atoms with van der Waals surface area (Å²) in [5, 5.41) is 21.2. The van der Waals surface area contributed by atoms with Gasteiger partial charge in [0.1, 0.15) is 10.5 Å². The molecule has 0 atom stereocenters. The third-order valence-corrected chi connectivity index (χ3v) is 2.85. The first kappa shape index (κ1) is 16.9. The van der Waals surface area contributed by atoms with E-state index in [1.165, 1.54) is 0 Å². The fourth-order valence-electron chi connectivity index (χ4n) is 1.19. The molecule has 0 saturated heterocycles. The van der Waals surface area contributed by atoms with Gasteiger partial charge in [-0.2, -0.15) is 8.42 Å². The number of nitro groups is 2. The van der Waals surface area contributed by atoms with Crippen LogP contribution >= 0.6 is 0 Å².